The van der Waals surface area contributed by atoms with Crippen LogP contribution in [-0.4, -0.2) is 31.4 Å². The predicted octanol–water partition coefficient (Wildman–Crippen LogP) is 4.70. The molecule has 1 aliphatic rings. The lowest BCUT2D eigenvalue weighted by Gasteiger charge is -2.35. The minimum Gasteiger partial charge on any atom is -0.361 e. The van der Waals surface area contributed by atoms with Gasteiger partial charge in [0.25, 0.3) is 0 Å². The molecule has 0 amide bonds. The van der Waals surface area contributed by atoms with Crippen LogP contribution in [0.15, 0.2) is 61.2 Å². The van der Waals surface area contributed by atoms with E-state index in [-0.39, 0.29) is 6.04 Å². The van der Waals surface area contributed by atoms with Crippen molar-refractivity contribution in [1.29, 1.82) is 5.26 Å². The van der Waals surface area contributed by atoms with E-state index >= 15 is 0 Å². The summed E-state index contributed by atoms with van der Waals surface area (Å²) in [5.74, 6) is 0.662. The molecule has 0 saturated carbocycles. The maximum Gasteiger partial charge on any atom is 0.148 e. The topological polar surface area (TPSA) is 93.5 Å². The number of fused-ring (bicyclic) bond motifs is 1. The van der Waals surface area contributed by atoms with Gasteiger partial charge in [0.05, 0.1) is 36.0 Å². The normalized spacial score (nSPS) is 16.8. The number of aromatic amines is 1. The lowest BCUT2D eigenvalue weighted by molar-refractivity contribution is 0.137. The summed E-state index contributed by atoms with van der Waals surface area (Å²) in [6.07, 6.45) is 10.8. The first kappa shape index (κ1) is 19.2. The SMILES string of the molecule is N#Cc1ccc(Nc2cnc(C3CCCCN3Cc3cccc4[nH]ccc34)cn2)cn1. The highest BCUT2D eigenvalue weighted by molar-refractivity contribution is 5.82. The summed E-state index contributed by atoms with van der Waals surface area (Å²) >= 11 is 0. The highest BCUT2D eigenvalue weighted by atomic mass is 15.2. The molecule has 0 bridgehead atoms. The molecule has 1 unspecified atom stereocenters. The minimum absolute atomic E-state index is 0.265. The van der Waals surface area contributed by atoms with Gasteiger partial charge >= 0.3 is 0 Å². The van der Waals surface area contributed by atoms with Crippen molar-refractivity contribution in [2.24, 2.45) is 0 Å². The molecule has 154 valence electrons. The van der Waals surface area contributed by atoms with Crippen LogP contribution >= 0.6 is 0 Å². The van der Waals surface area contributed by atoms with Crippen molar-refractivity contribution in [3.05, 3.63) is 78.1 Å². The Morgan fingerprint density at radius 2 is 2.03 bits per heavy atom. The summed E-state index contributed by atoms with van der Waals surface area (Å²) in [4.78, 5) is 19.2. The molecule has 0 radical (unpaired) electrons. The van der Waals surface area contributed by atoms with Gasteiger partial charge in [0.2, 0.25) is 0 Å². The van der Waals surface area contributed by atoms with Crippen LogP contribution in [0.25, 0.3) is 10.9 Å². The van der Waals surface area contributed by atoms with Crippen molar-refractivity contribution in [1.82, 2.24) is 24.8 Å². The Labute approximate surface area is 180 Å². The van der Waals surface area contributed by atoms with Gasteiger partial charge in [-0.2, -0.15) is 5.26 Å². The number of hydrogen-bond donors (Lipinski definition) is 2. The summed E-state index contributed by atoms with van der Waals surface area (Å²) in [7, 11) is 0. The van der Waals surface area contributed by atoms with Crippen molar-refractivity contribution in [2.45, 2.75) is 31.8 Å². The molecular weight excluding hydrogens is 386 g/mol. The molecular formula is C24H23N7. The third-order valence-electron chi connectivity index (χ3n) is 5.84. The first-order valence-electron chi connectivity index (χ1n) is 10.5. The molecule has 1 atom stereocenters. The average Bonchev–Trinajstić information content (AvgIpc) is 3.31. The van der Waals surface area contributed by atoms with Gasteiger partial charge in [0.15, 0.2) is 0 Å². The van der Waals surface area contributed by atoms with E-state index in [0.29, 0.717) is 11.5 Å². The summed E-state index contributed by atoms with van der Waals surface area (Å²) in [6.45, 7) is 1.96. The van der Waals surface area contributed by atoms with E-state index in [0.717, 1.165) is 30.9 Å². The lowest BCUT2D eigenvalue weighted by atomic mass is 9.98. The van der Waals surface area contributed by atoms with E-state index in [4.69, 9.17) is 10.2 Å². The number of H-pyrrole nitrogens is 1. The van der Waals surface area contributed by atoms with E-state index < -0.39 is 0 Å². The van der Waals surface area contributed by atoms with E-state index in [1.54, 1.807) is 18.5 Å². The fourth-order valence-electron chi connectivity index (χ4n) is 4.28. The van der Waals surface area contributed by atoms with Crippen LogP contribution in [0.1, 0.15) is 42.3 Å². The third-order valence-corrected chi connectivity index (χ3v) is 5.84. The zero-order valence-electron chi connectivity index (χ0n) is 17.1. The van der Waals surface area contributed by atoms with Gasteiger partial charge in [-0.05, 0) is 49.2 Å². The molecule has 31 heavy (non-hydrogen) atoms. The van der Waals surface area contributed by atoms with Gasteiger partial charge in [0, 0.05) is 23.6 Å². The predicted molar refractivity (Wildman–Crippen MR) is 120 cm³/mol. The fraction of sp³-hybridized carbons (Fsp3) is 0.250. The van der Waals surface area contributed by atoms with Crippen LogP contribution in [0.5, 0.6) is 0 Å². The number of rotatable bonds is 5. The molecule has 1 aromatic carbocycles. The Bertz CT molecular complexity index is 1210. The monoisotopic (exact) mass is 409 g/mol. The molecule has 4 heterocycles. The summed E-state index contributed by atoms with van der Waals surface area (Å²) in [5, 5.41) is 13.3. The number of nitrogens with one attached hydrogen (secondary N) is 2. The Morgan fingerprint density at radius 1 is 1.06 bits per heavy atom. The molecule has 7 nitrogen and oxygen atoms in total. The Kier molecular flexibility index (Phi) is 5.29. The molecule has 7 heteroatoms. The number of pyridine rings is 1. The second kappa shape index (κ2) is 8.54. The highest BCUT2D eigenvalue weighted by Crippen LogP contribution is 2.32. The zero-order valence-corrected chi connectivity index (χ0v) is 17.1. The van der Waals surface area contributed by atoms with Crippen molar-refractivity contribution in [3.63, 3.8) is 0 Å². The second-order valence-electron chi connectivity index (χ2n) is 7.83. The van der Waals surface area contributed by atoms with Crippen LogP contribution < -0.4 is 5.32 Å². The molecule has 1 fully saturated rings. The zero-order chi connectivity index (χ0) is 21.0. The van der Waals surface area contributed by atoms with Crippen molar-refractivity contribution < 1.29 is 0 Å². The van der Waals surface area contributed by atoms with E-state index in [1.807, 2.05) is 24.5 Å². The van der Waals surface area contributed by atoms with E-state index in [1.165, 1.54) is 29.3 Å². The number of hydrogen-bond acceptors (Lipinski definition) is 6. The number of piperidine rings is 1. The summed E-state index contributed by atoms with van der Waals surface area (Å²) < 4.78 is 0. The summed E-state index contributed by atoms with van der Waals surface area (Å²) in [6, 6.07) is 14.4. The van der Waals surface area contributed by atoms with E-state index in [9.17, 15) is 0 Å². The molecule has 1 saturated heterocycles. The Balaban J connectivity index is 1.32. The summed E-state index contributed by atoms with van der Waals surface area (Å²) in [5.41, 5.74) is 4.69. The fourth-order valence-corrected chi connectivity index (χ4v) is 4.28. The van der Waals surface area contributed by atoms with Crippen LogP contribution in [0.2, 0.25) is 0 Å². The molecule has 5 rings (SSSR count). The number of nitriles is 1. The largest absolute Gasteiger partial charge is 0.361 e. The quantitative estimate of drug-likeness (QED) is 0.496. The van der Waals surface area contributed by atoms with Gasteiger partial charge in [-0.3, -0.25) is 9.88 Å². The molecule has 2 N–H and O–H groups in total. The van der Waals surface area contributed by atoms with Crippen LogP contribution in [0.4, 0.5) is 11.5 Å². The smallest absolute Gasteiger partial charge is 0.148 e. The van der Waals surface area contributed by atoms with Crippen molar-refractivity contribution in [2.75, 3.05) is 11.9 Å². The van der Waals surface area contributed by atoms with Crippen LogP contribution in [0.3, 0.4) is 0 Å². The molecule has 4 aromatic rings. The van der Waals surface area contributed by atoms with Gasteiger partial charge in [-0.1, -0.05) is 18.6 Å². The first-order valence-corrected chi connectivity index (χ1v) is 10.5. The standard InChI is InChI=1S/C24H23N7/c25-12-18-7-8-19(13-27-18)30-24-15-28-22(14-29-24)23-6-1-2-11-31(23)16-17-4-3-5-21-20(17)9-10-26-21/h3-5,7-10,13-15,23,26H,1-2,6,11,16H2,(H,29,30). The number of aromatic nitrogens is 4. The third kappa shape index (κ3) is 4.11. The average molecular weight is 409 g/mol. The first-order chi connectivity index (χ1) is 15.3. The molecule has 0 spiro atoms. The van der Waals surface area contributed by atoms with Gasteiger partial charge in [-0.25, -0.2) is 9.97 Å². The minimum atomic E-state index is 0.265. The Morgan fingerprint density at radius 3 is 2.84 bits per heavy atom. The number of anilines is 2. The van der Waals surface area contributed by atoms with Gasteiger partial charge in [-0.15, -0.1) is 0 Å². The van der Waals surface area contributed by atoms with Crippen molar-refractivity contribution >= 4 is 22.4 Å². The molecule has 1 aliphatic heterocycles. The second-order valence-corrected chi connectivity index (χ2v) is 7.83. The highest BCUT2D eigenvalue weighted by Gasteiger charge is 2.26. The number of nitrogens with zero attached hydrogens (tertiary/aromatic N) is 5. The maximum absolute atomic E-state index is 8.87. The van der Waals surface area contributed by atoms with Gasteiger partial charge < -0.3 is 10.3 Å². The lowest BCUT2D eigenvalue weighted by Crippen LogP contribution is -2.33. The van der Waals surface area contributed by atoms with E-state index in [2.05, 4.69) is 49.4 Å². The molecule has 0 aliphatic carbocycles. The maximum atomic E-state index is 8.87. The van der Waals surface area contributed by atoms with Crippen LogP contribution in [0, 0.1) is 11.3 Å². The Hall–Kier alpha value is -3.76. The number of benzene rings is 1. The molecule has 3 aromatic heterocycles. The van der Waals surface area contributed by atoms with Crippen LogP contribution in [-0.2, 0) is 6.54 Å². The number of likely N-dealkylation sites (tertiary alicyclic amines) is 1. The van der Waals surface area contributed by atoms with Gasteiger partial charge in [0.1, 0.15) is 17.6 Å². The van der Waals surface area contributed by atoms with Crippen molar-refractivity contribution in [3.8, 4) is 6.07 Å².